The lowest BCUT2D eigenvalue weighted by Gasteiger charge is -2.42. The van der Waals surface area contributed by atoms with E-state index in [-0.39, 0.29) is 29.2 Å². The predicted molar refractivity (Wildman–Crippen MR) is 201 cm³/mol. The highest BCUT2D eigenvalue weighted by molar-refractivity contribution is 6.07. The van der Waals surface area contributed by atoms with Gasteiger partial charge in [0.25, 0.3) is 17.7 Å². The maximum atomic E-state index is 14.8. The van der Waals surface area contributed by atoms with E-state index in [9.17, 15) is 37.2 Å². The zero-order chi connectivity index (χ0) is 40.4. The third kappa shape index (κ3) is 8.00. The summed E-state index contributed by atoms with van der Waals surface area (Å²) in [5.74, 6) is -3.71. The molecule has 1 aromatic heterocycles. The van der Waals surface area contributed by atoms with Crippen LogP contribution < -0.4 is 10.2 Å². The van der Waals surface area contributed by atoms with Gasteiger partial charge in [-0.15, -0.1) is 0 Å². The van der Waals surface area contributed by atoms with Crippen molar-refractivity contribution in [3.8, 4) is 11.8 Å². The second kappa shape index (κ2) is 16.5. The van der Waals surface area contributed by atoms with Crippen molar-refractivity contribution in [2.75, 3.05) is 64.4 Å². The smallest absolute Gasteiger partial charge is 0.378 e. The zero-order valence-electron chi connectivity index (χ0n) is 31.5. The van der Waals surface area contributed by atoms with Gasteiger partial charge in [-0.05, 0) is 61.4 Å². The molecular weight excluding hydrogens is 744 g/mol. The third-order valence-corrected chi connectivity index (χ3v) is 11.0. The van der Waals surface area contributed by atoms with Crippen molar-refractivity contribution in [2.24, 2.45) is 0 Å². The lowest BCUT2D eigenvalue weighted by Crippen LogP contribution is -2.56. The number of amides is 3. The van der Waals surface area contributed by atoms with Crippen LogP contribution in [0.2, 0.25) is 0 Å². The number of alkyl halides is 3. The molecule has 0 bridgehead atoms. The second-order valence-electron chi connectivity index (χ2n) is 14.4. The third-order valence-electron chi connectivity index (χ3n) is 11.0. The van der Waals surface area contributed by atoms with Crippen LogP contribution >= 0.6 is 0 Å². The molecule has 3 atom stereocenters. The summed E-state index contributed by atoms with van der Waals surface area (Å²) in [6.07, 6.45) is -4.38. The largest absolute Gasteiger partial charge is 0.416 e. The number of hydrogen-bond donors (Lipinski definition) is 1. The Labute approximate surface area is 327 Å². The van der Waals surface area contributed by atoms with Crippen LogP contribution in [-0.2, 0) is 15.7 Å². The second-order valence-corrected chi connectivity index (χ2v) is 14.4. The number of rotatable bonds is 11. The highest BCUT2D eigenvalue weighted by Gasteiger charge is 2.48. The van der Waals surface area contributed by atoms with E-state index in [4.69, 9.17) is 9.84 Å². The predicted octanol–water partition coefficient (Wildman–Crippen LogP) is 4.70. The molecule has 3 amide bonds. The molecule has 0 radical (unpaired) electrons. The van der Waals surface area contributed by atoms with E-state index < -0.39 is 53.3 Å². The fourth-order valence-corrected chi connectivity index (χ4v) is 7.74. The molecule has 2 saturated heterocycles. The number of piperazine rings is 1. The highest BCUT2D eigenvalue weighted by Crippen LogP contribution is 2.44. The highest BCUT2D eigenvalue weighted by atomic mass is 19.4. The average molecular weight is 787 g/mol. The molecule has 4 aromatic rings. The van der Waals surface area contributed by atoms with Gasteiger partial charge in [-0.3, -0.25) is 24.2 Å². The summed E-state index contributed by atoms with van der Waals surface area (Å²) < 4.78 is 62.1. The van der Waals surface area contributed by atoms with Crippen molar-refractivity contribution in [1.29, 1.82) is 5.26 Å². The summed E-state index contributed by atoms with van der Waals surface area (Å²) in [6.45, 7) is 7.20. The standard InChI is InChI=1S/C41H42F4N8O4/c1-3-52-38-34(33(26-12-14-29(42)15-13-26)35(40(52)56)47-37(54)27-8-7-9-28(22-27)41(43,44)45)36(48-53(38)30-10-5-4-6-11-30)39(55)49(2)31(23-46)16-17-50-18-20-51(21-19-50)32-24-57-25-32/h4-15,22,31-33,35H,3,16-21,24-25H2,1-2H3,(H,47,54). The van der Waals surface area contributed by atoms with Crippen molar-refractivity contribution >= 4 is 23.5 Å². The maximum Gasteiger partial charge on any atom is 0.416 e. The Kier molecular flexibility index (Phi) is 11.4. The normalized spacial score (nSPS) is 19.7. The first-order valence-electron chi connectivity index (χ1n) is 18.8. The Morgan fingerprint density at radius 3 is 2.33 bits per heavy atom. The Morgan fingerprint density at radius 2 is 1.72 bits per heavy atom. The van der Waals surface area contributed by atoms with Crippen molar-refractivity contribution in [1.82, 2.24) is 29.8 Å². The minimum absolute atomic E-state index is 0.0573. The van der Waals surface area contributed by atoms with Crippen LogP contribution in [0.4, 0.5) is 23.4 Å². The van der Waals surface area contributed by atoms with E-state index in [2.05, 4.69) is 21.2 Å². The van der Waals surface area contributed by atoms with Gasteiger partial charge in [0.15, 0.2) is 5.69 Å². The molecule has 3 unspecified atom stereocenters. The molecule has 3 aliphatic heterocycles. The molecule has 12 nitrogen and oxygen atoms in total. The van der Waals surface area contributed by atoms with Gasteiger partial charge >= 0.3 is 6.18 Å². The Hall–Kier alpha value is -5.63. The van der Waals surface area contributed by atoms with E-state index in [0.29, 0.717) is 36.3 Å². The monoisotopic (exact) mass is 786 g/mol. The van der Waals surface area contributed by atoms with Crippen LogP contribution in [0.3, 0.4) is 0 Å². The van der Waals surface area contributed by atoms with Gasteiger partial charge in [-0.1, -0.05) is 36.4 Å². The number of nitriles is 1. The summed E-state index contributed by atoms with van der Waals surface area (Å²) in [6, 6.07) is 18.2. The number of benzene rings is 3. The topological polar surface area (TPSA) is 127 Å². The lowest BCUT2D eigenvalue weighted by atomic mass is 9.80. The van der Waals surface area contributed by atoms with Gasteiger partial charge in [0.1, 0.15) is 23.7 Å². The number of likely N-dealkylation sites (N-methyl/N-ethyl adjacent to an activating group) is 1. The molecule has 3 aromatic carbocycles. The zero-order valence-corrected chi connectivity index (χ0v) is 31.5. The molecule has 4 heterocycles. The molecule has 2 fully saturated rings. The summed E-state index contributed by atoms with van der Waals surface area (Å²) in [5, 5.41) is 17.8. The molecule has 3 aliphatic rings. The van der Waals surface area contributed by atoms with Crippen LogP contribution in [0.1, 0.15) is 56.8 Å². The van der Waals surface area contributed by atoms with Crippen molar-refractivity contribution in [3.05, 3.63) is 113 Å². The number of para-hydroxylation sites is 1. The Bertz CT molecular complexity index is 2140. The van der Waals surface area contributed by atoms with Gasteiger partial charge in [0.2, 0.25) is 0 Å². The summed E-state index contributed by atoms with van der Waals surface area (Å²) in [7, 11) is 1.52. The fraction of sp³-hybridized carbons (Fsp3) is 0.390. The van der Waals surface area contributed by atoms with Gasteiger partial charge in [-0.2, -0.15) is 23.5 Å². The van der Waals surface area contributed by atoms with Gasteiger partial charge in [-0.25, -0.2) is 9.07 Å². The van der Waals surface area contributed by atoms with Crippen LogP contribution in [0.5, 0.6) is 0 Å². The molecule has 0 aliphatic carbocycles. The molecule has 7 rings (SSSR count). The number of hydrogen-bond acceptors (Lipinski definition) is 8. The molecule has 1 N–H and O–H groups in total. The molecule has 57 heavy (non-hydrogen) atoms. The van der Waals surface area contributed by atoms with E-state index >= 15 is 0 Å². The molecular formula is C41H42F4N8O4. The first-order chi connectivity index (χ1) is 27.4. The van der Waals surface area contributed by atoms with E-state index in [1.165, 1.54) is 51.9 Å². The van der Waals surface area contributed by atoms with Gasteiger partial charge < -0.3 is 19.9 Å². The maximum absolute atomic E-state index is 14.8. The van der Waals surface area contributed by atoms with Crippen LogP contribution in [0, 0.1) is 17.1 Å². The van der Waals surface area contributed by atoms with Crippen LogP contribution in [0.25, 0.3) is 5.69 Å². The van der Waals surface area contributed by atoms with Crippen molar-refractivity contribution in [3.63, 3.8) is 0 Å². The van der Waals surface area contributed by atoms with Crippen LogP contribution in [0.15, 0.2) is 78.9 Å². The van der Waals surface area contributed by atoms with Gasteiger partial charge in [0, 0.05) is 63.4 Å². The molecule has 298 valence electrons. The number of nitrogens with zero attached hydrogens (tertiary/aromatic N) is 7. The summed E-state index contributed by atoms with van der Waals surface area (Å²) >= 11 is 0. The summed E-state index contributed by atoms with van der Waals surface area (Å²) in [4.78, 5) is 50.5. The van der Waals surface area contributed by atoms with Crippen LogP contribution in [-0.4, -0.2) is 120 Å². The molecule has 0 spiro atoms. The first kappa shape index (κ1) is 39.6. The first-order valence-corrected chi connectivity index (χ1v) is 18.8. The minimum Gasteiger partial charge on any atom is -0.378 e. The number of carbonyl (C=O) groups excluding carboxylic acids is 3. The average Bonchev–Trinajstić information content (AvgIpc) is 3.58. The number of nitrogens with one attached hydrogen (secondary N) is 1. The number of anilines is 1. The number of fused-ring (bicyclic) bond motifs is 1. The lowest BCUT2D eigenvalue weighted by molar-refractivity contribution is -0.137. The van der Waals surface area contributed by atoms with Crippen molar-refractivity contribution in [2.45, 2.75) is 43.6 Å². The molecule has 16 heteroatoms. The fourth-order valence-electron chi connectivity index (χ4n) is 7.74. The number of aromatic nitrogens is 2. The van der Waals surface area contributed by atoms with E-state index in [1.54, 1.807) is 37.3 Å². The number of carbonyl (C=O) groups is 3. The van der Waals surface area contributed by atoms with Crippen molar-refractivity contribution < 1.29 is 36.7 Å². The minimum atomic E-state index is -4.73. The summed E-state index contributed by atoms with van der Waals surface area (Å²) in [5.41, 5.74) is -0.413. The number of halogens is 4. The quantitative estimate of drug-likeness (QED) is 0.217. The van der Waals surface area contributed by atoms with Gasteiger partial charge in [0.05, 0.1) is 36.6 Å². The number of ether oxygens (including phenoxy) is 1. The Morgan fingerprint density at radius 1 is 1.02 bits per heavy atom. The van der Waals surface area contributed by atoms with E-state index in [0.717, 1.165) is 51.5 Å². The van der Waals surface area contributed by atoms with E-state index in [1.807, 2.05) is 0 Å². The molecule has 0 saturated carbocycles. The Balaban J connectivity index is 1.27. The SMILES string of the molecule is CCN1C(=O)C(NC(=O)c2cccc(C(F)(F)F)c2)C(c2ccc(F)cc2)c2c(C(=O)N(C)C(C#N)CCN3CCN(C4COC4)CC3)nn(-c3ccccc3)c21.